The van der Waals surface area contributed by atoms with E-state index in [4.69, 9.17) is 0 Å². The van der Waals surface area contributed by atoms with Gasteiger partial charge in [-0.3, -0.25) is 4.79 Å². The van der Waals surface area contributed by atoms with E-state index in [0.29, 0.717) is 11.6 Å². The summed E-state index contributed by atoms with van der Waals surface area (Å²) in [5, 5.41) is 13.3. The molecule has 4 nitrogen and oxygen atoms in total. The summed E-state index contributed by atoms with van der Waals surface area (Å²) in [5.74, 6) is 0.0790. The fraction of sp³-hybridized carbons (Fsp3) is 0.533. The Balaban J connectivity index is 1.87. The van der Waals surface area contributed by atoms with Crippen LogP contribution in [0, 0.1) is 6.92 Å². The van der Waals surface area contributed by atoms with Gasteiger partial charge in [-0.05, 0) is 50.4 Å². The van der Waals surface area contributed by atoms with Crippen LogP contribution in [0.3, 0.4) is 0 Å². The van der Waals surface area contributed by atoms with Gasteiger partial charge >= 0.3 is 0 Å². The minimum absolute atomic E-state index is 0.0197. The predicted octanol–water partition coefficient (Wildman–Crippen LogP) is 1.67. The SMILES string of the molecule is Cc1ccc(C(=O)N(C2CC2)[C@H]2CCNC2)c(O)c1. The zero-order valence-corrected chi connectivity index (χ0v) is 11.2. The molecule has 1 aromatic rings. The molecule has 1 aliphatic carbocycles. The second-order valence-electron chi connectivity index (χ2n) is 5.61. The smallest absolute Gasteiger partial charge is 0.258 e. The number of aromatic hydroxyl groups is 1. The molecule has 0 aromatic heterocycles. The predicted molar refractivity (Wildman–Crippen MR) is 73.3 cm³/mol. The normalized spacial score (nSPS) is 22.5. The van der Waals surface area contributed by atoms with Crippen molar-refractivity contribution in [1.82, 2.24) is 10.2 Å². The minimum atomic E-state index is -0.0197. The van der Waals surface area contributed by atoms with Crippen molar-refractivity contribution in [1.29, 1.82) is 0 Å². The number of benzene rings is 1. The highest BCUT2D eigenvalue weighted by Gasteiger charge is 2.39. The first-order valence-corrected chi connectivity index (χ1v) is 7.00. The van der Waals surface area contributed by atoms with E-state index in [0.717, 1.165) is 37.9 Å². The number of nitrogens with zero attached hydrogens (tertiary/aromatic N) is 1. The number of carbonyl (C=O) groups is 1. The van der Waals surface area contributed by atoms with Crippen LogP contribution in [0.25, 0.3) is 0 Å². The Morgan fingerprint density at radius 2 is 2.11 bits per heavy atom. The van der Waals surface area contributed by atoms with Crippen molar-refractivity contribution in [2.24, 2.45) is 0 Å². The van der Waals surface area contributed by atoms with E-state index in [-0.39, 0.29) is 17.7 Å². The average molecular weight is 260 g/mol. The molecule has 0 bridgehead atoms. The van der Waals surface area contributed by atoms with Crippen LogP contribution in [0.2, 0.25) is 0 Å². The molecule has 1 aromatic carbocycles. The van der Waals surface area contributed by atoms with Crippen molar-refractivity contribution in [3.05, 3.63) is 29.3 Å². The standard InChI is InChI=1S/C15H20N2O2/c1-10-2-5-13(14(18)8-10)15(19)17(11-3-4-11)12-6-7-16-9-12/h2,5,8,11-12,16,18H,3-4,6-7,9H2,1H3/t12-/m0/s1. The van der Waals surface area contributed by atoms with Crippen LogP contribution >= 0.6 is 0 Å². The molecule has 4 heteroatoms. The number of carbonyl (C=O) groups excluding carboxylic acids is 1. The van der Waals surface area contributed by atoms with Gasteiger partial charge in [0.2, 0.25) is 0 Å². The van der Waals surface area contributed by atoms with Crippen LogP contribution in [-0.2, 0) is 0 Å². The van der Waals surface area contributed by atoms with Gasteiger partial charge in [0.05, 0.1) is 5.56 Å². The summed E-state index contributed by atoms with van der Waals surface area (Å²) in [6.45, 7) is 3.75. The van der Waals surface area contributed by atoms with Gasteiger partial charge in [0.25, 0.3) is 5.91 Å². The zero-order valence-electron chi connectivity index (χ0n) is 11.2. The number of phenolic OH excluding ortho intramolecular Hbond substituents is 1. The highest BCUT2D eigenvalue weighted by Crippen LogP contribution is 2.33. The van der Waals surface area contributed by atoms with Crippen molar-refractivity contribution >= 4 is 5.91 Å². The molecule has 19 heavy (non-hydrogen) atoms. The molecule has 0 unspecified atom stereocenters. The molecule has 1 amide bonds. The molecule has 0 spiro atoms. The minimum Gasteiger partial charge on any atom is -0.507 e. The Hall–Kier alpha value is -1.55. The summed E-state index contributed by atoms with van der Waals surface area (Å²) in [7, 11) is 0. The fourth-order valence-electron chi connectivity index (χ4n) is 2.82. The highest BCUT2D eigenvalue weighted by molar-refractivity contribution is 5.97. The van der Waals surface area contributed by atoms with Crippen molar-refractivity contribution < 1.29 is 9.90 Å². The van der Waals surface area contributed by atoms with E-state index in [1.165, 1.54) is 0 Å². The Bertz CT molecular complexity index is 491. The molecular weight excluding hydrogens is 240 g/mol. The number of phenols is 1. The first-order chi connectivity index (χ1) is 9.16. The summed E-state index contributed by atoms with van der Waals surface area (Å²) in [5.41, 5.74) is 1.40. The fourth-order valence-corrected chi connectivity index (χ4v) is 2.82. The maximum atomic E-state index is 12.7. The van der Waals surface area contributed by atoms with Crippen LogP contribution in [0.1, 0.15) is 35.2 Å². The number of hydrogen-bond donors (Lipinski definition) is 2. The quantitative estimate of drug-likeness (QED) is 0.869. The monoisotopic (exact) mass is 260 g/mol. The molecule has 2 aliphatic rings. The lowest BCUT2D eigenvalue weighted by Crippen LogP contribution is -2.43. The molecule has 3 rings (SSSR count). The molecule has 1 saturated heterocycles. The zero-order chi connectivity index (χ0) is 13.4. The molecule has 1 atom stereocenters. The van der Waals surface area contributed by atoms with Gasteiger partial charge in [-0.1, -0.05) is 6.07 Å². The molecule has 102 valence electrons. The lowest BCUT2D eigenvalue weighted by atomic mass is 10.1. The van der Waals surface area contributed by atoms with Gasteiger partial charge in [-0.15, -0.1) is 0 Å². The van der Waals surface area contributed by atoms with Crippen LogP contribution in [0.15, 0.2) is 18.2 Å². The summed E-state index contributed by atoms with van der Waals surface area (Å²) in [4.78, 5) is 14.7. The lowest BCUT2D eigenvalue weighted by Gasteiger charge is -2.29. The second-order valence-corrected chi connectivity index (χ2v) is 5.61. The maximum absolute atomic E-state index is 12.7. The Labute approximate surface area is 113 Å². The number of aryl methyl sites for hydroxylation is 1. The van der Waals surface area contributed by atoms with Crippen molar-refractivity contribution in [2.45, 2.75) is 38.3 Å². The Morgan fingerprint density at radius 1 is 1.32 bits per heavy atom. The van der Waals surface area contributed by atoms with Crippen molar-refractivity contribution in [2.75, 3.05) is 13.1 Å². The van der Waals surface area contributed by atoms with Gasteiger partial charge in [0, 0.05) is 18.6 Å². The van der Waals surface area contributed by atoms with Crippen molar-refractivity contribution in [3.63, 3.8) is 0 Å². The molecule has 2 fully saturated rings. The van der Waals surface area contributed by atoms with E-state index < -0.39 is 0 Å². The molecule has 1 saturated carbocycles. The van der Waals surface area contributed by atoms with Gasteiger partial charge < -0.3 is 15.3 Å². The van der Waals surface area contributed by atoms with E-state index >= 15 is 0 Å². The first kappa shape index (κ1) is 12.5. The average Bonchev–Trinajstić information content (AvgIpc) is 3.04. The van der Waals surface area contributed by atoms with Crippen LogP contribution in [0.5, 0.6) is 5.75 Å². The lowest BCUT2D eigenvalue weighted by molar-refractivity contribution is 0.0672. The number of hydrogen-bond acceptors (Lipinski definition) is 3. The second kappa shape index (κ2) is 4.85. The highest BCUT2D eigenvalue weighted by atomic mass is 16.3. The summed E-state index contributed by atoms with van der Waals surface area (Å²) in [6.07, 6.45) is 3.19. The number of amides is 1. The Morgan fingerprint density at radius 3 is 2.68 bits per heavy atom. The van der Waals surface area contributed by atoms with Gasteiger partial charge in [0.1, 0.15) is 5.75 Å². The van der Waals surface area contributed by atoms with Gasteiger partial charge in [0.15, 0.2) is 0 Å². The van der Waals surface area contributed by atoms with Crippen molar-refractivity contribution in [3.8, 4) is 5.75 Å². The maximum Gasteiger partial charge on any atom is 0.258 e. The van der Waals surface area contributed by atoms with E-state index in [1.807, 2.05) is 17.9 Å². The summed E-state index contributed by atoms with van der Waals surface area (Å²) in [6, 6.07) is 5.93. The summed E-state index contributed by atoms with van der Waals surface area (Å²) < 4.78 is 0. The van der Waals surface area contributed by atoms with E-state index in [9.17, 15) is 9.90 Å². The van der Waals surface area contributed by atoms with Gasteiger partial charge in [-0.25, -0.2) is 0 Å². The number of rotatable bonds is 3. The third-order valence-electron chi connectivity index (χ3n) is 3.99. The van der Waals surface area contributed by atoms with E-state index in [1.54, 1.807) is 12.1 Å². The summed E-state index contributed by atoms with van der Waals surface area (Å²) >= 11 is 0. The Kier molecular flexibility index (Phi) is 3.19. The molecule has 0 radical (unpaired) electrons. The van der Waals surface area contributed by atoms with Crippen LogP contribution < -0.4 is 5.32 Å². The molecule has 1 heterocycles. The molecule has 1 aliphatic heterocycles. The van der Waals surface area contributed by atoms with Crippen LogP contribution in [0.4, 0.5) is 0 Å². The largest absolute Gasteiger partial charge is 0.507 e. The number of nitrogens with one attached hydrogen (secondary N) is 1. The molecule has 2 N–H and O–H groups in total. The van der Waals surface area contributed by atoms with Gasteiger partial charge in [-0.2, -0.15) is 0 Å². The van der Waals surface area contributed by atoms with E-state index in [2.05, 4.69) is 5.32 Å². The van der Waals surface area contributed by atoms with Crippen LogP contribution in [-0.4, -0.2) is 41.1 Å². The first-order valence-electron chi connectivity index (χ1n) is 7.00. The third-order valence-corrected chi connectivity index (χ3v) is 3.99. The topological polar surface area (TPSA) is 52.6 Å². The third kappa shape index (κ3) is 2.45. The molecular formula is C15H20N2O2.